The van der Waals surface area contributed by atoms with Gasteiger partial charge in [0, 0.05) is 11.8 Å². The first-order chi connectivity index (χ1) is 11.5. The van der Waals surface area contributed by atoms with Crippen molar-refractivity contribution in [1.29, 1.82) is 0 Å². The number of methoxy groups -OCH3 is 1. The minimum atomic E-state index is -0.655. The quantitative estimate of drug-likeness (QED) is 0.822. The average molecular weight is 324 g/mol. The maximum absolute atomic E-state index is 11.2. The van der Waals surface area contributed by atoms with E-state index in [1.54, 1.807) is 7.11 Å². The second-order valence-corrected chi connectivity index (χ2v) is 8.39. The van der Waals surface area contributed by atoms with E-state index < -0.39 is 5.60 Å². The molecule has 24 heavy (non-hydrogen) atoms. The second-order valence-electron chi connectivity index (χ2n) is 8.39. The molecule has 2 fully saturated rings. The van der Waals surface area contributed by atoms with Crippen molar-refractivity contribution in [2.24, 2.45) is 17.3 Å². The van der Waals surface area contributed by atoms with Gasteiger partial charge in [0.25, 0.3) is 0 Å². The van der Waals surface area contributed by atoms with Crippen molar-refractivity contribution < 1.29 is 9.84 Å². The normalized spacial score (nSPS) is 40.2. The Labute approximate surface area is 145 Å². The third kappa shape index (κ3) is 2.07. The van der Waals surface area contributed by atoms with E-state index in [2.05, 4.69) is 31.0 Å². The summed E-state index contributed by atoms with van der Waals surface area (Å²) >= 11 is 0. The van der Waals surface area contributed by atoms with Crippen LogP contribution in [0.5, 0.6) is 5.75 Å². The van der Waals surface area contributed by atoms with Gasteiger partial charge in [0.2, 0.25) is 0 Å². The molecule has 0 aliphatic heterocycles. The average Bonchev–Trinajstić information content (AvgIpc) is 2.86. The van der Waals surface area contributed by atoms with Gasteiger partial charge in [0.15, 0.2) is 0 Å². The molecule has 1 aromatic carbocycles. The zero-order valence-electron chi connectivity index (χ0n) is 14.8. The number of benzene rings is 1. The van der Waals surface area contributed by atoms with Gasteiger partial charge in [-0.15, -0.1) is 12.3 Å². The van der Waals surface area contributed by atoms with E-state index in [4.69, 9.17) is 11.2 Å². The van der Waals surface area contributed by atoms with Gasteiger partial charge in [0.05, 0.1) is 12.7 Å². The Morgan fingerprint density at radius 3 is 2.88 bits per heavy atom. The van der Waals surface area contributed by atoms with Gasteiger partial charge in [-0.1, -0.05) is 13.0 Å². The molecule has 3 aliphatic carbocycles. The molecule has 0 unspecified atom stereocenters. The predicted octanol–water partition coefficient (Wildman–Crippen LogP) is 4.31. The van der Waals surface area contributed by atoms with Crippen LogP contribution in [0.15, 0.2) is 18.2 Å². The largest absolute Gasteiger partial charge is 0.497 e. The Morgan fingerprint density at radius 2 is 2.12 bits per heavy atom. The molecule has 0 aromatic heterocycles. The SMILES string of the molecule is C#CC[C@]1(O)CC[C@H]2[C@@H]3CCc4cc(OC)ccc4[C@H]3CC[C@@]21C. The van der Waals surface area contributed by atoms with Gasteiger partial charge in [-0.2, -0.15) is 0 Å². The highest BCUT2D eigenvalue weighted by Crippen LogP contribution is 2.64. The first kappa shape index (κ1) is 16.0. The zero-order chi connectivity index (χ0) is 16.9. The number of rotatable bonds is 2. The first-order valence-electron chi connectivity index (χ1n) is 9.35. The number of hydrogen-bond acceptors (Lipinski definition) is 2. The zero-order valence-corrected chi connectivity index (χ0v) is 14.8. The molecule has 128 valence electrons. The van der Waals surface area contributed by atoms with Crippen LogP contribution in [0.1, 0.15) is 62.5 Å². The summed E-state index contributed by atoms with van der Waals surface area (Å²) in [6.45, 7) is 2.31. The molecule has 2 saturated carbocycles. The molecule has 1 N–H and O–H groups in total. The highest BCUT2D eigenvalue weighted by atomic mass is 16.5. The Balaban J connectivity index is 1.67. The van der Waals surface area contributed by atoms with Crippen LogP contribution in [0.4, 0.5) is 0 Å². The van der Waals surface area contributed by atoms with E-state index in [1.165, 1.54) is 24.0 Å². The third-order valence-electron chi connectivity index (χ3n) is 7.65. The molecule has 0 heterocycles. The molecular weight excluding hydrogens is 296 g/mol. The lowest BCUT2D eigenvalue weighted by Gasteiger charge is -2.53. The molecule has 0 saturated heterocycles. The maximum atomic E-state index is 11.2. The fraction of sp³-hybridized carbons (Fsp3) is 0.636. The summed E-state index contributed by atoms with van der Waals surface area (Å²) in [5, 5.41) is 11.2. The summed E-state index contributed by atoms with van der Waals surface area (Å²) < 4.78 is 5.40. The lowest BCUT2D eigenvalue weighted by Crippen LogP contribution is -2.50. The smallest absolute Gasteiger partial charge is 0.119 e. The van der Waals surface area contributed by atoms with E-state index in [0.717, 1.165) is 31.4 Å². The van der Waals surface area contributed by atoms with Crippen LogP contribution in [-0.4, -0.2) is 17.8 Å². The lowest BCUT2D eigenvalue weighted by atomic mass is 9.53. The van der Waals surface area contributed by atoms with Crippen molar-refractivity contribution in [3.05, 3.63) is 29.3 Å². The minimum absolute atomic E-state index is 0.00941. The molecule has 2 heteroatoms. The van der Waals surface area contributed by atoms with Crippen molar-refractivity contribution in [3.63, 3.8) is 0 Å². The highest BCUT2D eigenvalue weighted by molar-refractivity contribution is 5.41. The highest BCUT2D eigenvalue weighted by Gasteiger charge is 2.61. The van der Waals surface area contributed by atoms with Gasteiger partial charge < -0.3 is 9.84 Å². The first-order valence-corrected chi connectivity index (χ1v) is 9.35. The van der Waals surface area contributed by atoms with E-state index in [9.17, 15) is 5.11 Å². The summed E-state index contributed by atoms with van der Waals surface area (Å²) in [7, 11) is 1.74. The van der Waals surface area contributed by atoms with Crippen LogP contribution >= 0.6 is 0 Å². The number of ether oxygens (including phenoxy) is 1. The van der Waals surface area contributed by atoms with E-state index in [-0.39, 0.29) is 5.41 Å². The summed E-state index contributed by atoms with van der Waals surface area (Å²) in [4.78, 5) is 0. The molecule has 3 aliphatic rings. The molecule has 5 atom stereocenters. The van der Waals surface area contributed by atoms with Crippen LogP contribution in [0.3, 0.4) is 0 Å². The molecule has 1 aromatic rings. The number of aryl methyl sites for hydroxylation is 1. The summed E-state index contributed by atoms with van der Waals surface area (Å²) in [5.74, 6) is 5.65. The Hall–Kier alpha value is -1.46. The summed E-state index contributed by atoms with van der Waals surface area (Å²) in [6, 6.07) is 6.62. The fourth-order valence-corrected chi connectivity index (χ4v) is 6.26. The monoisotopic (exact) mass is 324 g/mol. The topological polar surface area (TPSA) is 29.5 Å². The van der Waals surface area contributed by atoms with Crippen molar-refractivity contribution in [2.45, 2.75) is 63.4 Å². The van der Waals surface area contributed by atoms with Crippen LogP contribution in [-0.2, 0) is 6.42 Å². The molecule has 0 radical (unpaired) electrons. The summed E-state index contributed by atoms with van der Waals surface area (Å²) in [6.07, 6.45) is 12.7. The van der Waals surface area contributed by atoms with Crippen LogP contribution in [0.2, 0.25) is 0 Å². The third-order valence-corrected chi connectivity index (χ3v) is 7.65. The number of aliphatic hydroxyl groups is 1. The fourth-order valence-electron chi connectivity index (χ4n) is 6.26. The molecule has 2 nitrogen and oxygen atoms in total. The van der Waals surface area contributed by atoms with E-state index in [0.29, 0.717) is 24.2 Å². The molecule has 4 rings (SSSR count). The second kappa shape index (κ2) is 5.53. The van der Waals surface area contributed by atoms with E-state index >= 15 is 0 Å². The van der Waals surface area contributed by atoms with Gasteiger partial charge in [-0.3, -0.25) is 0 Å². The van der Waals surface area contributed by atoms with E-state index in [1.807, 2.05) is 0 Å². The Bertz CT molecular complexity index is 688. The molecule has 0 bridgehead atoms. The van der Waals surface area contributed by atoms with Crippen molar-refractivity contribution in [1.82, 2.24) is 0 Å². The summed E-state index contributed by atoms with van der Waals surface area (Å²) in [5.41, 5.74) is 2.33. The Kier molecular flexibility index (Phi) is 3.69. The molecular formula is C22H28O2. The van der Waals surface area contributed by atoms with Crippen molar-refractivity contribution in [3.8, 4) is 18.1 Å². The van der Waals surface area contributed by atoms with Crippen molar-refractivity contribution in [2.75, 3.05) is 7.11 Å². The van der Waals surface area contributed by atoms with Gasteiger partial charge in [-0.25, -0.2) is 0 Å². The number of fused-ring (bicyclic) bond motifs is 5. The number of hydrogen-bond donors (Lipinski definition) is 1. The standard InChI is InChI=1S/C22H28O2/c1-4-11-22(23)13-10-20-19-7-5-15-14-16(24-3)6-8-17(15)18(19)9-12-21(20,22)2/h1,6,8,14,18-20,23H,5,7,9-13H2,2-3H3/t18-,19-,20+,21+,22+/m1/s1. The van der Waals surface area contributed by atoms with Gasteiger partial charge in [-0.05, 0) is 79.5 Å². The van der Waals surface area contributed by atoms with Gasteiger partial charge >= 0.3 is 0 Å². The molecule has 0 spiro atoms. The predicted molar refractivity (Wildman–Crippen MR) is 96.0 cm³/mol. The van der Waals surface area contributed by atoms with Crippen LogP contribution < -0.4 is 4.74 Å². The number of terminal acetylenes is 1. The van der Waals surface area contributed by atoms with Crippen LogP contribution in [0.25, 0.3) is 0 Å². The Morgan fingerprint density at radius 1 is 1.29 bits per heavy atom. The van der Waals surface area contributed by atoms with Crippen molar-refractivity contribution >= 4 is 0 Å². The maximum Gasteiger partial charge on any atom is 0.119 e. The minimum Gasteiger partial charge on any atom is -0.497 e. The van der Waals surface area contributed by atoms with Crippen LogP contribution in [0, 0.1) is 29.6 Å². The molecule has 0 amide bonds. The van der Waals surface area contributed by atoms with Gasteiger partial charge in [0.1, 0.15) is 5.75 Å². The lowest BCUT2D eigenvalue weighted by molar-refractivity contribution is -0.0990.